The summed E-state index contributed by atoms with van der Waals surface area (Å²) in [4.78, 5) is 11.7. The molecule has 21 heavy (non-hydrogen) atoms. The summed E-state index contributed by atoms with van der Waals surface area (Å²) in [6.45, 7) is 0.482. The van der Waals surface area contributed by atoms with Gasteiger partial charge in [0.05, 0.1) is 14.2 Å². The molecule has 6 heteroatoms. The van der Waals surface area contributed by atoms with Crippen LogP contribution < -0.4 is 25.3 Å². The van der Waals surface area contributed by atoms with Gasteiger partial charge in [-0.25, -0.2) is 0 Å². The predicted octanol–water partition coefficient (Wildman–Crippen LogP) is 0.862. The summed E-state index contributed by atoms with van der Waals surface area (Å²) in [6, 6.07) is 4.02. The van der Waals surface area contributed by atoms with E-state index in [1.165, 1.54) is 0 Å². The van der Waals surface area contributed by atoms with Gasteiger partial charge in [0.15, 0.2) is 18.1 Å². The van der Waals surface area contributed by atoms with E-state index in [-0.39, 0.29) is 12.5 Å². The van der Waals surface area contributed by atoms with Crippen LogP contribution in [0.4, 0.5) is 0 Å². The molecule has 0 heterocycles. The summed E-state index contributed by atoms with van der Waals surface area (Å²) < 4.78 is 16.2. The zero-order chi connectivity index (χ0) is 15.2. The van der Waals surface area contributed by atoms with E-state index in [0.29, 0.717) is 29.8 Å². The number of nitrogens with two attached hydrogens (primary N) is 1. The fourth-order valence-electron chi connectivity index (χ4n) is 2.02. The number of nitrogens with one attached hydrogen (secondary N) is 1. The van der Waals surface area contributed by atoms with Crippen molar-refractivity contribution in [2.75, 3.05) is 27.4 Å². The molecule has 1 aromatic rings. The first-order chi connectivity index (χ1) is 10.2. The van der Waals surface area contributed by atoms with E-state index >= 15 is 0 Å². The Bertz CT molecular complexity index is 475. The molecule has 3 N–H and O–H groups in total. The van der Waals surface area contributed by atoms with Crippen LogP contribution in [-0.2, 0) is 11.2 Å². The van der Waals surface area contributed by atoms with Crippen LogP contribution in [0, 0.1) is 0 Å². The molecule has 0 spiro atoms. The quantitative estimate of drug-likeness (QED) is 0.743. The molecule has 1 amide bonds. The molecule has 0 unspecified atom stereocenters. The van der Waals surface area contributed by atoms with Gasteiger partial charge in [-0.3, -0.25) is 4.79 Å². The lowest BCUT2D eigenvalue weighted by Crippen LogP contribution is -2.30. The Balaban J connectivity index is 2.09. The molecule has 0 aromatic heterocycles. The number of benzene rings is 1. The molecule has 2 rings (SSSR count). The molecule has 1 aliphatic carbocycles. The lowest BCUT2D eigenvalue weighted by molar-refractivity contribution is -0.123. The summed E-state index contributed by atoms with van der Waals surface area (Å²) in [5, 5.41) is 2.87. The van der Waals surface area contributed by atoms with E-state index in [4.69, 9.17) is 19.9 Å². The van der Waals surface area contributed by atoms with Gasteiger partial charge in [0.25, 0.3) is 5.91 Å². The topological polar surface area (TPSA) is 82.8 Å². The largest absolute Gasteiger partial charge is 0.493 e. The van der Waals surface area contributed by atoms with Crippen LogP contribution in [0.5, 0.6) is 17.2 Å². The van der Waals surface area contributed by atoms with Crippen molar-refractivity contribution in [3.8, 4) is 17.2 Å². The van der Waals surface area contributed by atoms with Crippen LogP contribution in [-0.4, -0.2) is 39.3 Å². The second-order valence-corrected chi connectivity index (χ2v) is 5.00. The third kappa shape index (κ3) is 4.26. The Labute approximate surface area is 124 Å². The van der Waals surface area contributed by atoms with Crippen molar-refractivity contribution < 1.29 is 19.0 Å². The number of rotatable bonds is 8. The van der Waals surface area contributed by atoms with Gasteiger partial charge in [0.1, 0.15) is 0 Å². The minimum absolute atomic E-state index is 0.0561. The van der Waals surface area contributed by atoms with E-state index in [2.05, 4.69) is 5.32 Å². The molecular formula is C15H22N2O4. The fourth-order valence-corrected chi connectivity index (χ4v) is 2.02. The summed E-state index contributed by atoms with van der Waals surface area (Å²) >= 11 is 0. The van der Waals surface area contributed by atoms with E-state index in [0.717, 1.165) is 24.8 Å². The predicted molar refractivity (Wildman–Crippen MR) is 79.0 cm³/mol. The summed E-state index contributed by atoms with van der Waals surface area (Å²) in [7, 11) is 3.11. The average molecular weight is 294 g/mol. The first kappa shape index (κ1) is 15.4. The number of hydrogen-bond acceptors (Lipinski definition) is 5. The highest BCUT2D eigenvalue weighted by molar-refractivity contribution is 5.78. The molecule has 1 saturated carbocycles. The van der Waals surface area contributed by atoms with Crippen molar-refractivity contribution in [3.05, 3.63) is 17.7 Å². The minimum atomic E-state index is -0.132. The molecule has 116 valence electrons. The van der Waals surface area contributed by atoms with Crippen molar-refractivity contribution in [3.63, 3.8) is 0 Å². The number of carbonyl (C=O) groups is 1. The van der Waals surface area contributed by atoms with Crippen LogP contribution in [0.15, 0.2) is 12.1 Å². The van der Waals surface area contributed by atoms with Crippen molar-refractivity contribution >= 4 is 5.91 Å². The van der Waals surface area contributed by atoms with Crippen LogP contribution in [0.25, 0.3) is 0 Å². The highest BCUT2D eigenvalue weighted by Gasteiger charge is 2.24. The fraction of sp³-hybridized carbons (Fsp3) is 0.533. The lowest BCUT2D eigenvalue weighted by Gasteiger charge is -2.16. The van der Waals surface area contributed by atoms with Gasteiger partial charge < -0.3 is 25.3 Å². The maximum Gasteiger partial charge on any atom is 0.258 e. The monoisotopic (exact) mass is 294 g/mol. The third-order valence-corrected chi connectivity index (χ3v) is 3.24. The van der Waals surface area contributed by atoms with E-state index in [9.17, 15) is 4.79 Å². The van der Waals surface area contributed by atoms with Gasteiger partial charge in [0, 0.05) is 6.04 Å². The molecule has 0 bridgehead atoms. The average Bonchev–Trinajstić information content (AvgIpc) is 3.29. The number of carbonyl (C=O) groups excluding carboxylic acids is 1. The van der Waals surface area contributed by atoms with E-state index in [1.807, 2.05) is 12.1 Å². The maximum absolute atomic E-state index is 11.7. The van der Waals surface area contributed by atoms with Crippen LogP contribution in [0.3, 0.4) is 0 Å². The Morgan fingerprint density at radius 2 is 1.90 bits per heavy atom. The molecule has 0 aliphatic heterocycles. The van der Waals surface area contributed by atoms with Crippen molar-refractivity contribution in [1.82, 2.24) is 5.32 Å². The lowest BCUT2D eigenvalue weighted by atomic mass is 10.1. The van der Waals surface area contributed by atoms with E-state index < -0.39 is 0 Å². The zero-order valence-electron chi connectivity index (χ0n) is 12.5. The molecule has 0 atom stereocenters. The number of methoxy groups -OCH3 is 2. The van der Waals surface area contributed by atoms with E-state index in [1.54, 1.807) is 14.2 Å². The second-order valence-electron chi connectivity index (χ2n) is 5.00. The van der Waals surface area contributed by atoms with Crippen molar-refractivity contribution in [1.29, 1.82) is 0 Å². The number of ether oxygens (including phenoxy) is 3. The van der Waals surface area contributed by atoms with Crippen LogP contribution in [0.2, 0.25) is 0 Å². The molecule has 6 nitrogen and oxygen atoms in total. The van der Waals surface area contributed by atoms with Crippen molar-refractivity contribution in [2.45, 2.75) is 25.3 Å². The first-order valence-corrected chi connectivity index (χ1v) is 7.05. The molecule has 1 aliphatic rings. The zero-order valence-corrected chi connectivity index (χ0v) is 12.5. The SMILES string of the molecule is COc1cc(CCN)cc(OC)c1OCC(=O)NC1CC1. The molecule has 0 saturated heterocycles. The summed E-state index contributed by atoms with van der Waals surface area (Å²) in [5.41, 5.74) is 6.57. The molecule has 0 radical (unpaired) electrons. The standard InChI is InChI=1S/C15H22N2O4/c1-19-12-7-10(5-6-16)8-13(20-2)15(12)21-9-14(18)17-11-3-4-11/h7-8,11H,3-6,9,16H2,1-2H3,(H,17,18). The third-order valence-electron chi connectivity index (χ3n) is 3.24. The molecular weight excluding hydrogens is 272 g/mol. The maximum atomic E-state index is 11.7. The smallest absolute Gasteiger partial charge is 0.258 e. The highest BCUT2D eigenvalue weighted by atomic mass is 16.5. The van der Waals surface area contributed by atoms with Gasteiger partial charge in [-0.1, -0.05) is 0 Å². The molecule has 1 aromatic carbocycles. The first-order valence-electron chi connectivity index (χ1n) is 7.05. The van der Waals surface area contributed by atoms with Gasteiger partial charge >= 0.3 is 0 Å². The normalized spacial score (nSPS) is 13.7. The highest BCUT2D eigenvalue weighted by Crippen LogP contribution is 2.38. The molecule has 1 fully saturated rings. The van der Waals surface area contributed by atoms with Gasteiger partial charge in [0.2, 0.25) is 5.75 Å². The number of amides is 1. The van der Waals surface area contributed by atoms with Gasteiger partial charge in [-0.15, -0.1) is 0 Å². The minimum Gasteiger partial charge on any atom is -0.493 e. The Kier molecular flexibility index (Phi) is 5.27. The van der Waals surface area contributed by atoms with Gasteiger partial charge in [-0.05, 0) is 43.5 Å². The Hall–Kier alpha value is -1.95. The number of hydrogen-bond donors (Lipinski definition) is 2. The van der Waals surface area contributed by atoms with Crippen LogP contribution in [0.1, 0.15) is 18.4 Å². The van der Waals surface area contributed by atoms with Gasteiger partial charge in [-0.2, -0.15) is 0 Å². The summed E-state index contributed by atoms with van der Waals surface area (Å²) in [5.74, 6) is 1.38. The Morgan fingerprint density at radius 1 is 1.29 bits per heavy atom. The van der Waals surface area contributed by atoms with Crippen molar-refractivity contribution in [2.24, 2.45) is 5.73 Å². The van der Waals surface area contributed by atoms with Crippen LogP contribution >= 0.6 is 0 Å². The Morgan fingerprint density at radius 3 is 2.38 bits per heavy atom. The summed E-state index contributed by atoms with van der Waals surface area (Å²) in [6.07, 6.45) is 2.81. The second kappa shape index (κ2) is 7.17.